The number of nitrogens with one attached hydrogen (secondary N) is 1. The number of terminal acetylenes is 1. The Hall–Kier alpha value is -1.75. The van der Waals surface area contributed by atoms with Crippen LogP contribution in [0.2, 0.25) is 0 Å². The molecule has 0 fully saturated rings. The van der Waals surface area contributed by atoms with Crippen LogP contribution in [-0.2, 0) is 11.2 Å². The number of carbonyl (C=O) groups excluding carboxylic acids is 1. The van der Waals surface area contributed by atoms with Crippen molar-refractivity contribution in [3.8, 4) is 12.3 Å². The van der Waals surface area contributed by atoms with Crippen LogP contribution in [0.4, 0.5) is 5.69 Å². The van der Waals surface area contributed by atoms with Crippen LogP contribution in [0.15, 0.2) is 24.3 Å². The third-order valence-corrected chi connectivity index (χ3v) is 1.75. The summed E-state index contributed by atoms with van der Waals surface area (Å²) in [6.07, 6.45) is 5.90. The first kappa shape index (κ1) is 9.34. The molecule has 2 nitrogen and oxygen atoms in total. The SMILES string of the molecule is C#CC(=O)Nc1ccc(CC)cc1. The van der Waals surface area contributed by atoms with Gasteiger partial charge in [0.2, 0.25) is 0 Å². The van der Waals surface area contributed by atoms with Gasteiger partial charge in [0.1, 0.15) is 0 Å². The largest absolute Gasteiger partial charge is 0.315 e. The van der Waals surface area contributed by atoms with Crippen molar-refractivity contribution in [1.82, 2.24) is 0 Å². The van der Waals surface area contributed by atoms with Crippen molar-refractivity contribution in [3.05, 3.63) is 29.8 Å². The second-order valence-electron chi connectivity index (χ2n) is 2.65. The second kappa shape index (κ2) is 4.32. The standard InChI is InChI=1S/C11H11NO/c1-3-9-5-7-10(8-6-9)12-11(13)4-2/h2,5-8H,3H2,1H3,(H,12,13). The number of anilines is 1. The maximum absolute atomic E-state index is 10.8. The Balaban J connectivity index is 2.71. The zero-order valence-electron chi connectivity index (χ0n) is 7.50. The third kappa shape index (κ3) is 2.64. The van der Waals surface area contributed by atoms with E-state index in [4.69, 9.17) is 6.42 Å². The van der Waals surface area contributed by atoms with Gasteiger partial charge in [-0.25, -0.2) is 0 Å². The molecule has 0 unspecified atom stereocenters. The van der Waals surface area contributed by atoms with Crippen molar-refractivity contribution in [2.24, 2.45) is 0 Å². The number of amides is 1. The van der Waals surface area contributed by atoms with E-state index >= 15 is 0 Å². The predicted octanol–water partition coefficient (Wildman–Crippen LogP) is 1.82. The zero-order valence-corrected chi connectivity index (χ0v) is 7.50. The van der Waals surface area contributed by atoms with E-state index < -0.39 is 5.91 Å². The quantitative estimate of drug-likeness (QED) is 0.679. The molecular formula is C11H11NO. The monoisotopic (exact) mass is 173 g/mol. The first-order valence-corrected chi connectivity index (χ1v) is 4.12. The van der Waals surface area contributed by atoms with Crippen molar-refractivity contribution < 1.29 is 4.79 Å². The Kier molecular flexibility index (Phi) is 3.10. The minimum Gasteiger partial charge on any atom is -0.315 e. The lowest BCUT2D eigenvalue weighted by atomic mass is 10.1. The van der Waals surface area contributed by atoms with Gasteiger partial charge in [-0.3, -0.25) is 4.79 Å². The number of benzene rings is 1. The number of hydrogen-bond donors (Lipinski definition) is 1. The summed E-state index contributed by atoms with van der Waals surface area (Å²) in [4.78, 5) is 10.8. The molecule has 0 aromatic heterocycles. The summed E-state index contributed by atoms with van der Waals surface area (Å²) < 4.78 is 0. The van der Waals surface area contributed by atoms with E-state index in [2.05, 4.69) is 12.2 Å². The average Bonchev–Trinajstić information content (AvgIpc) is 2.19. The first-order chi connectivity index (χ1) is 6.26. The normalized spacial score (nSPS) is 8.92. The Morgan fingerprint density at radius 1 is 1.46 bits per heavy atom. The molecular weight excluding hydrogens is 162 g/mol. The molecule has 13 heavy (non-hydrogen) atoms. The molecule has 0 aliphatic heterocycles. The van der Waals surface area contributed by atoms with Gasteiger partial charge in [-0.15, -0.1) is 6.42 Å². The molecule has 1 rings (SSSR count). The lowest BCUT2D eigenvalue weighted by molar-refractivity contribution is -0.111. The van der Waals surface area contributed by atoms with E-state index in [0.29, 0.717) is 0 Å². The number of rotatable bonds is 2. The number of carbonyl (C=O) groups is 1. The third-order valence-electron chi connectivity index (χ3n) is 1.75. The van der Waals surface area contributed by atoms with E-state index in [1.807, 2.05) is 30.2 Å². The highest BCUT2D eigenvalue weighted by molar-refractivity contribution is 6.03. The van der Waals surface area contributed by atoms with Crippen molar-refractivity contribution in [3.63, 3.8) is 0 Å². The van der Waals surface area contributed by atoms with Crippen LogP contribution < -0.4 is 5.32 Å². The van der Waals surface area contributed by atoms with Gasteiger partial charge >= 0.3 is 0 Å². The maximum Gasteiger partial charge on any atom is 0.300 e. The van der Waals surface area contributed by atoms with Crippen LogP contribution in [0.3, 0.4) is 0 Å². The molecule has 1 aromatic carbocycles. The van der Waals surface area contributed by atoms with Crippen molar-refractivity contribution in [1.29, 1.82) is 0 Å². The average molecular weight is 173 g/mol. The van der Waals surface area contributed by atoms with Gasteiger partial charge < -0.3 is 5.32 Å². The highest BCUT2D eigenvalue weighted by Gasteiger charge is 1.96. The molecule has 0 radical (unpaired) electrons. The molecule has 1 amide bonds. The van der Waals surface area contributed by atoms with E-state index in [9.17, 15) is 4.79 Å². The molecule has 66 valence electrons. The lowest BCUT2D eigenvalue weighted by Gasteiger charge is -2.01. The summed E-state index contributed by atoms with van der Waals surface area (Å²) in [6, 6.07) is 7.61. The fourth-order valence-corrected chi connectivity index (χ4v) is 0.991. The van der Waals surface area contributed by atoms with Gasteiger partial charge in [-0.05, 0) is 30.0 Å². The number of hydrogen-bond acceptors (Lipinski definition) is 1. The summed E-state index contributed by atoms with van der Waals surface area (Å²) in [5.74, 6) is 1.58. The molecule has 2 heteroatoms. The zero-order chi connectivity index (χ0) is 9.68. The van der Waals surface area contributed by atoms with Crippen molar-refractivity contribution >= 4 is 11.6 Å². The van der Waals surface area contributed by atoms with Gasteiger partial charge in [-0.1, -0.05) is 19.1 Å². The Morgan fingerprint density at radius 2 is 2.08 bits per heavy atom. The van der Waals surface area contributed by atoms with Crippen LogP contribution in [0.1, 0.15) is 12.5 Å². The fraction of sp³-hybridized carbons (Fsp3) is 0.182. The molecule has 0 atom stereocenters. The molecule has 1 N–H and O–H groups in total. The van der Waals surface area contributed by atoms with Crippen LogP contribution in [0, 0.1) is 12.3 Å². The predicted molar refractivity (Wildman–Crippen MR) is 53.3 cm³/mol. The summed E-state index contributed by atoms with van der Waals surface area (Å²) in [5.41, 5.74) is 1.97. The van der Waals surface area contributed by atoms with Crippen LogP contribution in [0.5, 0.6) is 0 Å². The molecule has 0 spiro atoms. The summed E-state index contributed by atoms with van der Waals surface area (Å²) in [7, 11) is 0. The molecule has 0 aliphatic rings. The Labute approximate surface area is 78.0 Å². The first-order valence-electron chi connectivity index (χ1n) is 4.12. The molecule has 1 aromatic rings. The van der Waals surface area contributed by atoms with E-state index in [0.717, 1.165) is 12.1 Å². The molecule has 0 bridgehead atoms. The van der Waals surface area contributed by atoms with Crippen molar-refractivity contribution in [2.75, 3.05) is 5.32 Å². The lowest BCUT2D eigenvalue weighted by Crippen LogP contribution is -2.07. The van der Waals surface area contributed by atoms with E-state index in [1.165, 1.54) is 5.56 Å². The number of aryl methyl sites for hydroxylation is 1. The Bertz CT molecular complexity index is 332. The molecule has 0 saturated heterocycles. The van der Waals surface area contributed by atoms with Gasteiger partial charge in [0.15, 0.2) is 0 Å². The second-order valence-corrected chi connectivity index (χ2v) is 2.65. The molecule has 0 aliphatic carbocycles. The summed E-state index contributed by atoms with van der Waals surface area (Å²) in [6.45, 7) is 2.08. The minimum absolute atomic E-state index is 0.413. The minimum atomic E-state index is -0.413. The Morgan fingerprint density at radius 3 is 2.54 bits per heavy atom. The van der Waals surface area contributed by atoms with Gasteiger partial charge in [-0.2, -0.15) is 0 Å². The topological polar surface area (TPSA) is 29.1 Å². The van der Waals surface area contributed by atoms with E-state index in [1.54, 1.807) is 0 Å². The summed E-state index contributed by atoms with van der Waals surface area (Å²) >= 11 is 0. The molecule has 0 saturated carbocycles. The van der Waals surface area contributed by atoms with Crippen LogP contribution in [0.25, 0.3) is 0 Å². The molecule has 0 heterocycles. The summed E-state index contributed by atoms with van der Waals surface area (Å²) in [5, 5.41) is 2.57. The van der Waals surface area contributed by atoms with Crippen LogP contribution >= 0.6 is 0 Å². The smallest absolute Gasteiger partial charge is 0.300 e. The van der Waals surface area contributed by atoms with Crippen LogP contribution in [-0.4, -0.2) is 5.91 Å². The van der Waals surface area contributed by atoms with Gasteiger partial charge in [0.05, 0.1) is 0 Å². The highest BCUT2D eigenvalue weighted by Crippen LogP contribution is 2.09. The highest BCUT2D eigenvalue weighted by atomic mass is 16.1. The van der Waals surface area contributed by atoms with Crippen molar-refractivity contribution in [2.45, 2.75) is 13.3 Å². The fourth-order valence-electron chi connectivity index (χ4n) is 0.991. The van der Waals surface area contributed by atoms with Gasteiger partial charge in [0.25, 0.3) is 5.91 Å². The maximum atomic E-state index is 10.8. The van der Waals surface area contributed by atoms with E-state index in [-0.39, 0.29) is 0 Å². The van der Waals surface area contributed by atoms with Gasteiger partial charge in [0, 0.05) is 5.69 Å².